The van der Waals surface area contributed by atoms with Gasteiger partial charge in [-0.3, -0.25) is 4.90 Å². The van der Waals surface area contributed by atoms with Gasteiger partial charge in [-0.15, -0.1) is 0 Å². The molecular weight excluding hydrogens is 319 g/mol. The molecule has 0 aromatic heterocycles. The molecule has 2 nitrogen and oxygen atoms in total. The summed E-state index contributed by atoms with van der Waals surface area (Å²) >= 11 is 3.51. The van der Waals surface area contributed by atoms with Gasteiger partial charge >= 0.3 is 0 Å². The topological polar surface area (TPSA) is 15.3 Å². The van der Waals surface area contributed by atoms with E-state index in [4.69, 9.17) is 0 Å². The molecule has 112 valence electrons. The van der Waals surface area contributed by atoms with Gasteiger partial charge in [-0.25, -0.2) is 4.39 Å². The van der Waals surface area contributed by atoms with E-state index < -0.39 is 0 Å². The zero-order valence-electron chi connectivity index (χ0n) is 12.8. The van der Waals surface area contributed by atoms with Gasteiger partial charge in [-0.1, -0.05) is 36.7 Å². The minimum absolute atomic E-state index is 0.00852. The molecule has 1 aromatic rings. The molecule has 0 spiro atoms. The number of hydrogen-bond donors (Lipinski definition) is 1. The molecular formula is C16H24BrFN2. The zero-order valence-corrected chi connectivity index (χ0v) is 14.3. The van der Waals surface area contributed by atoms with Crippen LogP contribution in [-0.4, -0.2) is 31.1 Å². The maximum Gasteiger partial charge on any atom is 0.130 e. The van der Waals surface area contributed by atoms with Gasteiger partial charge in [-0.05, 0) is 30.0 Å². The second-order valence-electron chi connectivity index (χ2n) is 6.68. The Balaban J connectivity index is 2.46. The van der Waals surface area contributed by atoms with E-state index in [0.29, 0.717) is 5.56 Å². The van der Waals surface area contributed by atoms with Crippen molar-refractivity contribution < 1.29 is 4.39 Å². The molecule has 0 radical (unpaired) electrons. The fourth-order valence-electron chi connectivity index (χ4n) is 3.10. The average molecular weight is 343 g/mol. The Bertz CT molecular complexity index is 476. The van der Waals surface area contributed by atoms with Crippen molar-refractivity contribution in [1.29, 1.82) is 0 Å². The number of halogens is 2. The van der Waals surface area contributed by atoms with Crippen LogP contribution in [-0.2, 0) is 0 Å². The first-order valence-corrected chi connectivity index (χ1v) is 8.00. The van der Waals surface area contributed by atoms with E-state index >= 15 is 0 Å². The van der Waals surface area contributed by atoms with Gasteiger partial charge < -0.3 is 5.32 Å². The lowest BCUT2D eigenvalue weighted by atomic mass is 9.80. The molecule has 0 saturated carbocycles. The molecule has 1 heterocycles. The maximum atomic E-state index is 14.7. The number of benzene rings is 1. The van der Waals surface area contributed by atoms with E-state index in [1.54, 1.807) is 0 Å². The summed E-state index contributed by atoms with van der Waals surface area (Å²) in [6.45, 7) is 12.3. The van der Waals surface area contributed by atoms with Crippen LogP contribution in [0.25, 0.3) is 0 Å². The monoisotopic (exact) mass is 342 g/mol. The van der Waals surface area contributed by atoms with Crippen molar-refractivity contribution in [2.45, 2.75) is 33.7 Å². The summed E-state index contributed by atoms with van der Waals surface area (Å²) in [7, 11) is 0. The number of piperazine rings is 1. The summed E-state index contributed by atoms with van der Waals surface area (Å²) in [5.41, 5.74) is 1.51. The van der Waals surface area contributed by atoms with Crippen LogP contribution in [0.5, 0.6) is 0 Å². The Labute approximate surface area is 129 Å². The minimum atomic E-state index is -0.0633. The number of nitrogens with one attached hydrogen (secondary N) is 1. The third kappa shape index (κ3) is 3.41. The van der Waals surface area contributed by atoms with Crippen LogP contribution in [0.3, 0.4) is 0 Å². The molecule has 1 aliphatic heterocycles. The average Bonchev–Trinajstić information content (AvgIpc) is 2.35. The summed E-state index contributed by atoms with van der Waals surface area (Å²) in [6.07, 6.45) is 0. The summed E-state index contributed by atoms with van der Waals surface area (Å²) in [6, 6.07) is 3.89. The van der Waals surface area contributed by atoms with Gasteiger partial charge in [0.1, 0.15) is 5.82 Å². The van der Waals surface area contributed by atoms with Crippen molar-refractivity contribution in [3.8, 4) is 0 Å². The second-order valence-corrected chi connectivity index (χ2v) is 7.60. The van der Waals surface area contributed by atoms with Crippen molar-refractivity contribution in [2.75, 3.05) is 26.2 Å². The second kappa shape index (κ2) is 6.12. The van der Waals surface area contributed by atoms with Gasteiger partial charge in [0.2, 0.25) is 0 Å². The van der Waals surface area contributed by atoms with Crippen LogP contribution in [0, 0.1) is 18.2 Å². The lowest BCUT2D eigenvalue weighted by Gasteiger charge is -2.43. The molecule has 20 heavy (non-hydrogen) atoms. The third-order valence-corrected chi connectivity index (χ3v) is 4.34. The Morgan fingerprint density at radius 2 is 1.85 bits per heavy atom. The highest BCUT2D eigenvalue weighted by molar-refractivity contribution is 9.10. The molecule has 1 aliphatic rings. The van der Waals surface area contributed by atoms with Crippen molar-refractivity contribution in [3.63, 3.8) is 0 Å². The molecule has 4 heteroatoms. The Morgan fingerprint density at radius 1 is 1.25 bits per heavy atom. The molecule has 0 aliphatic carbocycles. The van der Waals surface area contributed by atoms with Crippen molar-refractivity contribution in [2.24, 2.45) is 5.41 Å². The molecule has 2 rings (SSSR count). The van der Waals surface area contributed by atoms with E-state index in [2.05, 4.69) is 46.9 Å². The van der Waals surface area contributed by atoms with E-state index in [1.807, 2.05) is 19.1 Å². The first-order chi connectivity index (χ1) is 9.30. The first kappa shape index (κ1) is 15.9. The number of nitrogens with zero attached hydrogens (tertiary/aromatic N) is 1. The number of rotatable bonds is 2. The fraction of sp³-hybridized carbons (Fsp3) is 0.625. The molecule has 1 atom stereocenters. The number of aryl methyl sites for hydroxylation is 1. The van der Waals surface area contributed by atoms with Crippen molar-refractivity contribution >= 4 is 15.9 Å². The largest absolute Gasteiger partial charge is 0.314 e. The third-order valence-electron chi connectivity index (χ3n) is 3.88. The number of hydrogen-bond acceptors (Lipinski definition) is 2. The predicted molar refractivity (Wildman–Crippen MR) is 85.5 cm³/mol. The molecule has 1 saturated heterocycles. The smallest absolute Gasteiger partial charge is 0.130 e. The molecule has 0 unspecified atom stereocenters. The van der Waals surface area contributed by atoms with Crippen LogP contribution in [0.4, 0.5) is 4.39 Å². The van der Waals surface area contributed by atoms with E-state index in [-0.39, 0.29) is 17.3 Å². The van der Waals surface area contributed by atoms with Gasteiger partial charge in [0.05, 0.1) is 0 Å². The normalized spacial score (nSPS) is 19.1. The van der Waals surface area contributed by atoms with Crippen LogP contribution in [0.15, 0.2) is 16.6 Å². The Hall–Kier alpha value is -0.450. The lowest BCUT2D eigenvalue weighted by molar-refractivity contribution is 0.0833. The predicted octanol–water partition coefficient (Wildman–Crippen LogP) is 3.89. The first-order valence-electron chi connectivity index (χ1n) is 7.21. The standard InChI is InChI=1S/C16H24BrFN2/c1-11-9-12(17)10-13(14(11)18)15(16(2,3)4)20-7-5-19-6-8-20/h9-10,15,19H,5-8H2,1-4H3/t15-/m1/s1. The van der Waals surface area contributed by atoms with Crippen molar-refractivity contribution in [3.05, 3.63) is 33.5 Å². The summed E-state index contributed by atoms with van der Waals surface area (Å²) in [4.78, 5) is 2.40. The maximum absolute atomic E-state index is 14.7. The summed E-state index contributed by atoms with van der Waals surface area (Å²) < 4.78 is 15.6. The van der Waals surface area contributed by atoms with Gasteiger partial charge in [0, 0.05) is 42.3 Å². The van der Waals surface area contributed by atoms with E-state index in [0.717, 1.165) is 36.2 Å². The van der Waals surface area contributed by atoms with Gasteiger partial charge in [0.15, 0.2) is 0 Å². The van der Waals surface area contributed by atoms with Gasteiger partial charge in [0.25, 0.3) is 0 Å². The SMILES string of the molecule is Cc1cc(Br)cc([C@@H](N2CCNCC2)C(C)(C)C)c1F. The zero-order chi connectivity index (χ0) is 14.9. The molecule has 0 amide bonds. The molecule has 1 fully saturated rings. The summed E-state index contributed by atoms with van der Waals surface area (Å²) in [5.74, 6) is -0.0633. The molecule has 1 aromatic carbocycles. The highest BCUT2D eigenvalue weighted by atomic mass is 79.9. The lowest BCUT2D eigenvalue weighted by Crippen LogP contribution is -2.48. The fourth-order valence-corrected chi connectivity index (χ4v) is 3.69. The highest BCUT2D eigenvalue weighted by Crippen LogP contribution is 2.40. The van der Waals surface area contributed by atoms with Crippen LogP contribution < -0.4 is 5.32 Å². The van der Waals surface area contributed by atoms with Gasteiger partial charge in [-0.2, -0.15) is 0 Å². The van der Waals surface area contributed by atoms with Crippen LogP contribution in [0.1, 0.15) is 37.9 Å². The van der Waals surface area contributed by atoms with E-state index in [9.17, 15) is 4.39 Å². The summed E-state index contributed by atoms with van der Waals surface area (Å²) in [5, 5.41) is 3.37. The minimum Gasteiger partial charge on any atom is -0.314 e. The molecule has 1 N–H and O–H groups in total. The highest BCUT2D eigenvalue weighted by Gasteiger charge is 2.34. The Kier molecular flexibility index (Phi) is 4.88. The quantitative estimate of drug-likeness (QED) is 0.877. The Morgan fingerprint density at radius 3 is 2.40 bits per heavy atom. The molecule has 0 bridgehead atoms. The van der Waals surface area contributed by atoms with Crippen LogP contribution >= 0.6 is 15.9 Å². The van der Waals surface area contributed by atoms with Crippen LogP contribution in [0.2, 0.25) is 0 Å². The van der Waals surface area contributed by atoms with E-state index in [1.165, 1.54) is 0 Å². The van der Waals surface area contributed by atoms with Crippen molar-refractivity contribution in [1.82, 2.24) is 10.2 Å².